The second-order valence-electron chi connectivity index (χ2n) is 4.23. The lowest BCUT2D eigenvalue weighted by Crippen LogP contribution is -2.37. The molecule has 20 heavy (non-hydrogen) atoms. The fraction of sp³-hybridized carbons (Fsp3) is 0.143. The minimum Gasteiger partial charge on any atom is -0.324 e. The molecule has 6 heteroatoms. The number of nitrogens with one attached hydrogen (secondary N) is 1. The van der Waals surface area contributed by atoms with Gasteiger partial charge in [0.1, 0.15) is 0 Å². The van der Waals surface area contributed by atoms with Gasteiger partial charge in [0.15, 0.2) is 0 Å². The van der Waals surface area contributed by atoms with E-state index in [1.165, 1.54) is 11.9 Å². The Labute approximate surface area is 127 Å². The second-order valence-corrected chi connectivity index (χ2v) is 5.47. The zero-order valence-electron chi connectivity index (χ0n) is 10.9. The summed E-state index contributed by atoms with van der Waals surface area (Å²) in [5.74, 6) is 0.792. The van der Waals surface area contributed by atoms with Crippen LogP contribution in [0.4, 0.5) is 11.4 Å². The molecule has 0 radical (unpaired) electrons. The molecule has 0 unspecified atom stereocenters. The van der Waals surface area contributed by atoms with Gasteiger partial charge in [-0.05, 0) is 37.3 Å². The van der Waals surface area contributed by atoms with E-state index >= 15 is 0 Å². The van der Waals surface area contributed by atoms with E-state index in [0.717, 1.165) is 28.8 Å². The van der Waals surface area contributed by atoms with Crippen molar-refractivity contribution in [1.29, 1.82) is 0 Å². The van der Waals surface area contributed by atoms with Crippen LogP contribution in [0.2, 0.25) is 5.02 Å². The SMILES string of the molecule is CCN(C1=NSc2ccc(Cl)cc2N1)c1cccnc1. The van der Waals surface area contributed by atoms with Gasteiger partial charge in [-0.3, -0.25) is 4.98 Å². The molecule has 4 nitrogen and oxygen atoms in total. The summed E-state index contributed by atoms with van der Waals surface area (Å²) in [5, 5.41) is 4.04. The van der Waals surface area contributed by atoms with E-state index in [0.29, 0.717) is 5.02 Å². The Morgan fingerprint density at radius 2 is 2.25 bits per heavy atom. The van der Waals surface area contributed by atoms with Crippen LogP contribution in [0.25, 0.3) is 0 Å². The van der Waals surface area contributed by atoms with Crippen LogP contribution in [0, 0.1) is 0 Å². The molecule has 1 aromatic heterocycles. The maximum atomic E-state index is 6.04. The van der Waals surface area contributed by atoms with Crippen LogP contribution in [-0.2, 0) is 0 Å². The molecule has 0 aliphatic carbocycles. The third kappa shape index (κ3) is 2.59. The normalized spacial score (nSPS) is 13.2. The molecule has 0 amide bonds. The number of pyridine rings is 1. The van der Waals surface area contributed by atoms with E-state index in [2.05, 4.69) is 26.5 Å². The van der Waals surface area contributed by atoms with Gasteiger partial charge in [-0.25, -0.2) is 0 Å². The summed E-state index contributed by atoms with van der Waals surface area (Å²) >= 11 is 7.49. The van der Waals surface area contributed by atoms with Crippen LogP contribution in [0.3, 0.4) is 0 Å². The predicted octanol–water partition coefficient (Wildman–Crippen LogP) is 4.05. The van der Waals surface area contributed by atoms with Gasteiger partial charge in [0.25, 0.3) is 0 Å². The summed E-state index contributed by atoms with van der Waals surface area (Å²) in [6.45, 7) is 2.88. The Bertz CT molecular complexity index is 645. The second kappa shape index (κ2) is 5.73. The summed E-state index contributed by atoms with van der Waals surface area (Å²) < 4.78 is 4.53. The molecule has 1 aliphatic heterocycles. The van der Waals surface area contributed by atoms with Crippen molar-refractivity contribution < 1.29 is 0 Å². The van der Waals surface area contributed by atoms with Crippen LogP contribution in [0.5, 0.6) is 0 Å². The average molecular weight is 305 g/mol. The molecule has 102 valence electrons. The molecule has 2 aromatic rings. The van der Waals surface area contributed by atoms with Gasteiger partial charge in [0.05, 0.1) is 22.5 Å². The number of guanidine groups is 1. The summed E-state index contributed by atoms with van der Waals surface area (Å²) in [6.07, 6.45) is 3.59. The van der Waals surface area contributed by atoms with E-state index in [1.807, 2.05) is 36.5 Å². The van der Waals surface area contributed by atoms with Crippen molar-refractivity contribution in [3.63, 3.8) is 0 Å². The Morgan fingerprint density at radius 1 is 1.35 bits per heavy atom. The van der Waals surface area contributed by atoms with Crippen LogP contribution < -0.4 is 10.2 Å². The Kier molecular flexibility index (Phi) is 3.80. The fourth-order valence-electron chi connectivity index (χ4n) is 2.00. The van der Waals surface area contributed by atoms with Crippen molar-refractivity contribution in [3.05, 3.63) is 47.7 Å². The minimum absolute atomic E-state index is 0.711. The highest BCUT2D eigenvalue weighted by Gasteiger charge is 2.18. The quantitative estimate of drug-likeness (QED) is 0.850. The molecule has 1 aliphatic rings. The van der Waals surface area contributed by atoms with Gasteiger partial charge in [0, 0.05) is 29.7 Å². The van der Waals surface area contributed by atoms with E-state index in [1.54, 1.807) is 6.20 Å². The first-order valence-corrected chi connectivity index (χ1v) is 7.42. The van der Waals surface area contributed by atoms with Crippen molar-refractivity contribution >= 4 is 40.9 Å². The number of benzene rings is 1. The van der Waals surface area contributed by atoms with Gasteiger partial charge < -0.3 is 10.2 Å². The molecule has 1 N–H and O–H groups in total. The van der Waals surface area contributed by atoms with Crippen LogP contribution in [0.15, 0.2) is 52.0 Å². The van der Waals surface area contributed by atoms with Gasteiger partial charge in [-0.15, -0.1) is 0 Å². The highest BCUT2D eigenvalue weighted by atomic mass is 35.5. The van der Waals surface area contributed by atoms with E-state index < -0.39 is 0 Å². The summed E-state index contributed by atoms with van der Waals surface area (Å²) in [5.41, 5.74) is 1.99. The third-order valence-corrected chi connectivity index (χ3v) is 4.00. The van der Waals surface area contributed by atoms with Crippen molar-refractivity contribution in [3.8, 4) is 0 Å². The smallest absolute Gasteiger partial charge is 0.215 e. The topological polar surface area (TPSA) is 40.5 Å². The largest absolute Gasteiger partial charge is 0.324 e. The number of anilines is 2. The minimum atomic E-state index is 0.711. The van der Waals surface area contributed by atoms with Gasteiger partial charge in [0.2, 0.25) is 5.96 Å². The summed E-state index contributed by atoms with van der Waals surface area (Å²) in [7, 11) is 0. The number of rotatable bonds is 2. The first-order valence-electron chi connectivity index (χ1n) is 6.27. The Hall–Kier alpha value is -1.72. The maximum absolute atomic E-state index is 6.04. The van der Waals surface area contributed by atoms with Gasteiger partial charge in [-0.1, -0.05) is 11.6 Å². The molecule has 0 bridgehead atoms. The number of aromatic nitrogens is 1. The molecule has 1 aromatic carbocycles. The summed E-state index contributed by atoms with van der Waals surface area (Å²) in [6, 6.07) is 9.68. The number of hydrogen-bond donors (Lipinski definition) is 1. The molecule has 0 saturated heterocycles. The van der Waals surface area contributed by atoms with Gasteiger partial charge in [-0.2, -0.15) is 4.40 Å². The highest BCUT2D eigenvalue weighted by Crippen LogP contribution is 2.34. The molecular weight excluding hydrogens is 292 g/mol. The molecular formula is C14H13ClN4S. The number of halogens is 1. The van der Waals surface area contributed by atoms with Crippen molar-refractivity contribution in [2.75, 3.05) is 16.8 Å². The average Bonchev–Trinajstić information content (AvgIpc) is 2.49. The van der Waals surface area contributed by atoms with Gasteiger partial charge >= 0.3 is 0 Å². The van der Waals surface area contributed by atoms with Crippen LogP contribution in [0.1, 0.15) is 6.92 Å². The summed E-state index contributed by atoms with van der Waals surface area (Å²) in [4.78, 5) is 7.30. The lowest BCUT2D eigenvalue weighted by molar-refractivity contribution is 1.04. The molecule has 3 rings (SSSR count). The lowest BCUT2D eigenvalue weighted by atomic mass is 10.3. The zero-order valence-corrected chi connectivity index (χ0v) is 12.4. The number of nitrogens with zero attached hydrogens (tertiary/aromatic N) is 3. The van der Waals surface area contributed by atoms with Crippen molar-refractivity contribution in [2.45, 2.75) is 11.8 Å². The molecule has 0 fully saturated rings. The van der Waals surface area contributed by atoms with Crippen LogP contribution in [-0.4, -0.2) is 17.5 Å². The maximum Gasteiger partial charge on any atom is 0.215 e. The first kappa shape index (κ1) is 13.3. The van der Waals surface area contributed by atoms with E-state index in [4.69, 9.17) is 11.6 Å². The van der Waals surface area contributed by atoms with Crippen molar-refractivity contribution in [1.82, 2.24) is 4.98 Å². The monoisotopic (exact) mass is 304 g/mol. The van der Waals surface area contributed by atoms with E-state index in [9.17, 15) is 0 Å². The van der Waals surface area contributed by atoms with Crippen molar-refractivity contribution in [2.24, 2.45) is 4.40 Å². The lowest BCUT2D eigenvalue weighted by Gasteiger charge is -2.27. The van der Waals surface area contributed by atoms with E-state index in [-0.39, 0.29) is 0 Å². The molecule has 2 heterocycles. The highest BCUT2D eigenvalue weighted by molar-refractivity contribution is 7.98. The number of fused-ring (bicyclic) bond motifs is 1. The number of hydrogen-bond acceptors (Lipinski definition) is 5. The molecule has 0 spiro atoms. The Balaban J connectivity index is 1.90. The molecule has 0 saturated carbocycles. The standard InChI is InChI=1S/C14H13ClN4S/c1-2-19(11-4-3-7-16-9-11)14-17-12-8-10(15)5-6-13(12)20-18-14/h3-9H,2H2,1H3,(H,17,18). The Morgan fingerprint density at radius 3 is 3.00 bits per heavy atom. The first-order chi connectivity index (χ1) is 9.78. The fourth-order valence-corrected chi connectivity index (χ4v) is 2.84. The molecule has 0 atom stereocenters. The zero-order chi connectivity index (χ0) is 13.9. The predicted molar refractivity (Wildman–Crippen MR) is 85.6 cm³/mol. The third-order valence-electron chi connectivity index (χ3n) is 2.95. The van der Waals surface area contributed by atoms with Crippen LogP contribution >= 0.6 is 23.5 Å².